The fraction of sp³-hybridized carbons (Fsp3) is 0.273. The number of benzene rings is 1. The molecule has 0 saturated carbocycles. The summed E-state index contributed by atoms with van der Waals surface area (Å²) >= 11 is 3.02. The number of aromatic nitrogens is 3. The molecule has 4 rings (SSSR count). The van der Waals surface area contributed by atoms with Crippen molar-refractivity contribution < 1.29 is 13.6 Å². The summed E-state index contributed by atoms with van der Waals surface area (Å²) in [6.45, 7) is 5.88. The Morgan fingerprint density at radius 3 is 2.74 bits per heavy atom. The van der Waals surface area contributed by atoms with Crippen LogP contribution in [0.1, 0.15) is 42.2 Å². The molecule has 0 aliphatic carbocycles. The third-order valence-corrected chi connectivity index (χ3v) is 6.67. The number of nitrogens with one attached hydrogen (secondary N) is 1. The van der Waals surface area contributed by atoms with E-state index in [-0.39, 0.29) is 17.6 Å². The molecule has 0 aliphatic rings. The first-order chi connectivity index (χ1) is 15.0. The minimum atomic E-state index is -0.185. The Hall–Kier alpha value is -2.91. The number of carbonyl (C=O) groups excluding carboxylic acids is 1. The van der Waals surface area contributed by atoms with E-state index in [1.54, 1.807) is 24.2 Å². The highest BCUT2D eigenvalue weighted by molar-refractivity contribution is 8.01. The first kappa shape index (κ1) is 21.3. The zero-order valence-corrected chi connectivity index (χ0v) is 19.0. The molecule has 0 radical (unpaired) electrons. The second-order valence-corrected chi connectivity index (χ2v) is 9.55. The number of amides is 1. The lowest BCUT2D eigenvalue weighted by molar-refractivity contribution is -0.115. The van der Waals surface area contributed by atoms with E-state index >= 15 is 0 Å². The van der Waals surface area contributed by atoms with E-state index in [0.717, 1.165) is 22.0 Å². The van der Waals surface area contributed by atoms with E-state index in [9.17, 15) is 4.79 Å². The number of carbonyl (C=O) groups is 1. The SMILES string of the molecule is CCc1cnc(C(C)Sc2cnc(NC(=O)Cc3nc(-c4ccccc4)oc3C)s2)o1. The van der Waals surface area contributed by atoms with Crippen molar-refractivity contribution in [2.75, 3.05) is 5.32 Å². The molecule has 0 bridgehead atoms. The zero-order valence-electron chi connectivity index (χ0n) is 17.4. The van der Waals surface area contributed by atoms with Crippen molar-refractivity contribution in [1.29, 1.82) is 0 Å². The molecule has 31 heavy (non-hydrogen) atoms. The second-order valence-electron chi connectivity index (χ2n) is 6.88. The van der Waals surface area contributed by atoms with Crippen LogP contribution in [0.3, 0.4) is 0 Å². The third kappa shape index (κ3) is 5.23. The molecule has 1 atom stereocenters. The number of hydrogen-bond donors (Lipinski definition) is 1. The molecule has 1 unspecified atom stereocenters. The van der Waals surface area contributed by atoms with Gasteiger partial charge in [0.05, 0.1) is 34.0 Å². The molecule has 1 amide bonds. The summed E-state index contributed by atoms with van der Waals surface area (Å²) in [6.07, 6.45) is 4.45. The highest BCUT2D eigenvalue weighted by Gasteiger charge is 2.18. The molecule has 0 fully saturated rings. The lowest BCUT2D eigenvalue weighted by Gasteiger charge is -2.04. The topological polar surface area (TPSA) is 94.1 Å². The minimum absolute atomic E-state index is 0.0542. The summed E-state index contributed by atoms with van der Waals surface area (Å²) in [6, 6.07) is 9.62. The normalized spacial score (nSPS) is 12.1. The maximum absolute atomic E-state index is 12.5. The molecule has 160 valence electrons. The molecule has 9 heteroatoms. The molecule has 0 saturated heterocycles. The molecule has 1 aromatic carbocycles. The Morgan fingerprint density at radius 2 is 2.00 bits per heavy atom. The van der Waals surface area contributed by atoms with Crippen LogP contribution in [-0.4, -0.2) is 20.9 Å². The van der Waals surface area contributed by atoms with Gasteiger partial charge in [-0.25, -0.2) is 15.0 Å². The van der Waals surface area contributed by atoms with Crippen LogP contribution >= 0.6 is 23.1 Å². The summed E-state index contributed by atoms with van der Waals surface area (Å²) in [5, 5.41) is 3.45. The van der Waals surface area contributed by atoms with Gasteiger partial charge in [-0.15, -0.1) is 11.8 Å². The molecule has 7 nitrogen and oxygen atoms in total. The van der Waals surface area contributed by atoms with Gasteiger partial charge in [-0.3, -0.25) is 4.79 Å². The van der Waals surface area contributed by atoms with Gasteiger partial charge >= 0.3 is 0 Å². The number of nitrogens with zero attached hydrogens (tertiary/aromatic N) is 3. The largest absolute Gasteiger partial charge is 0.445 e. The molecule has 3 aromatic heterocycles. The van der Waals surface area contributed by atoms with Gasteiger partial charge in [-0.1, -0.05) is 36.5 Å². The van der Waals surface area contributed by atoms with Crippen molar-refractivity contribution in [3.05, 3.63) is 65.8 Å². The highest BCUT2D eigenvalue weighted by Crippen LogP contribution is 2.38. The number of hydrogen-bond acceptors (Lipinski definition) is 8. The van der Waals surface area contributed by atoms with Crippen LogP contribution in [0.4, 0.5) is 5.13 Å². The zero-order chi connectivity index (χ0) is 21.8. The molecular weight excluding hydrogens is 432 g/mol. The maximum atomic E-state index is 12.5. The van der Waals surface area contributed by atoms with E-state index in [2.05, 4.69) is 20.3 Å². The number of aryl methyl sites for hydroxylation is 2. The molecular formula is C22H22N4O3S2. The number of rotatable bonds is 8. The Bertz CT molecular complexity index is 1170. The third-order valence-electron chi connectivity index (χ3n) is 4.53. The van der Waals surface area contributed by atoms with Crippen LogP contribution in [-0.2, 0) is 17.6 Å². The first-order valence-electron chi connectivity index (χ1n) is 9.90. The summed E-state index contributed by atoms with van der Waals surface area (Å²) in [4.78, 5) is 25.6. The Labute approximate surface area is 188 Å². The van der Waals surface area contributed by atoms with Crippen LogP contribution in [0.15, 0.2) is 55.8 Å². The predicted octanol–water partition coefficient (Wildman–Crippen LogP) is 5.69. The van der Waals surface area contributed by atoms with Gasteiger partial charge in [-0.05, 0) is 26.0 Å². The summed E-state index contributed by atoms with van der Waals surface area (Å²) < 4.78 is 12.4. The average Bonchev–Trinajstić information content (AvgIpc) is 3.50. The van der Waals surface area contributed by atoms with Crippen LogP contribution in [0.5, 0.6) is 0 Å². The van der Waals surface area contributed by atoms with E-state index in [4.69, 9.17) is 8.83 Å². The average molecular weight is 455 g/mol. The van der Waals surface area contributed by atoms with Crippen molar-refractivity contribution >= 4 is 34.1 Å². The Balaban J connectivity index is 1.35. The van der Waals surface area contributed by atoms with Gasteiger partial charge in [0, 0.05) is 12.0 Å². The molecule has 3 heterocycles. The molecule has 0 spiro atoms. The molecule has 0 aliphatic heterocycles. The fourth-order valence-corrected chi connectivity index (χ4v) is 4.98. The van der Waals surface area contributed by atoms with Gasteiger partial charge in [-0.2, -0.15) is 0 Å². The van der Waals surface area contributed by atoms with E-state index in [1.807, 2.05) is 51.1 Å². The minimum Gasteiger partial charge on any atom is -0.445 e. The monoisotopic (exact) mass is 454 g/mol. The lowest BCUT2D eigenvalue weighted by Crippen LogP contribution is -2.14. The molecule has 4 aromatic rings. The predicted molar refractivity (Wildman–Crippen MR) is 121 cm³/mol. The van der Waals surface area contributed by atoms with Crippen molar-refractivity contribution in [2.45, 2.75) is 43.1 Å². The standard InChI is InChI=1S/C22H22N4O3S2/c1-4-16-11-23-20(29-16)14(3)30-19-12-24-22(31-19)26-18(27)10-17-13(2)28-21(25-17)15-8-6-5-7-9-15/h5-9,11-12,14H,4,10H2,1-3H3,(H,24,26,27). The number of thiazole rings is 1. The summed E-state index contributed by atoms with van der Waals surface area (Å²) in [7, 11) is 0. The first-order valence-corrected chi connectivity index (χ1v) is 11.6. The Kier molecular flexibility index (Phi) is 6.53. The van der Waals surface area contributed by atoms with Gasteiger partial charge in [0.1, 0.15) is 11.5 Å². The van der Waals surface area contributed by atoms with Crippen LogP contribution < -0.4 is 5.32 Å². The van der Waals surface area contributed by atoms with Crippen molar-refractivity contribution in [1.82, 2.24) is 15.0 Å². The fourth-order valence-electron chi connectivity index (χ4n) is 2.88. The summed E-state index contributed by atoms with van der Waals surface area (Å²) in [5.41, 5.74) is 1.50. The van der Waals surface area contributed by atoms with E-state index in [1.165, 1.54) is 11.3 Å². The van der Waals surface area contributed by atoms with Crippen molar-refractivity contribution in [3.8, 4) is 11.5 Å². The van der Waals surface area contributed by atoms with Gasteiger partial charge in [0.15, 0.2) is 5.13 Å². The summed E-state index contributed by atoms with van der Waals surface area (Å²) in [5.74, 6) is 2.53. The van der Waals surface area contributed by atoms with Gasteiger partial charge in [0.2, 0.25) is 17.7 Å². The van der Waals surface area contributed by atoms with Crippen molar-refractivity contribution in [3.63, 3.8) is 0 Å². The van der Waals surface area contributed by atoms with E-state index in [0.29, 0.717) is 28.4 Å². The highest BCUT2D eigenvalue weighted by atomic mass is 32.2. The number of thioether (sulfide) groups is 1. The van der Waals surface area contributed by atoms with Crippen LogP contribution in [0, 0.1) is 6.92 Å². The second kappa shape index (κ2) is 9.49. The lowest BCUT2D eigenvalue weighted by atomic mass is 10.2. The van der Waals surface area contributed by atoms with Gasteiger partial charge < -0.3 is 14.2 Å². The number of anilines is 1. The smallest absolute Gasteiger partial charge is 0.232 e. The quantitative estimate of drug-likeness (QED) is 0.342. The molecule has 1 N–H and O–H groups in total. The van der Waals surface area contributed by atoms with Gasteiger partial charge in [0.25, 0.3) is 0 Å². The van der Waals surface area contributed by atoms with Crippen LogP contribution in [0.25, 0.3) is 11.5 Å². The van der Waals surface area contributed by atoms with Crippen molar-refractivity contribution in [2.24, 2.45) is 0 Å². The Morgan fingerprint density at radius 1 is 1.19 bits per heavy atom. The van der Waals surface area contributed by atoms with Crippen LogP contribution in [0.2, 0.25) is 0 Å². The number of oxazole rings is 2. The maximum Gasteiger partial charge on any atom is 0.232 e. The van der Waals surface area contributed by atoms with E-state index < -0.39 is 0 Å².